The van der Waals surface area contributed by atoms with Crippen LogP contribution in [0.4, 0.5) is 4.39 Å². The van der Waals surface area contributed by atoms with Crippen LogP contribution in [-0.2, 0) is 13.0 Å². The highest BCUT2D eigenvalue weighted by Gasteiger charge is 2.23. The van der Waals surface area contributed by atoms with Crippen LogP contribution in [0.5, 0.6) is 0 Å². The summed E-state index contributed by atoms with van der Waals surface area (Å²) in [4.78, 5) is 6.33. The number of hydrogen-bond acceptors (Lipinski definition) is 2. The van der Waals surface area contributed by atoms with Crippen LogP contribution in [0, 0.1) is 6.92 Å². The van der Waals surface area contributed by atoms with Crippen molar-refractivity contribution in [3.63, 3.8) is 0 Å². The van der Waals surface area contributed by atoms with Crippen molar-refractivity contribution < 1.29 is 4.39 Å². The summed E-state index contributed by atoms with van der Waals surface area (Å²) in [5.74, 6) is 0. The Bertz CT molecular complexity index is 956. The Morgan fingerprint density at radius 1 is 1.23 bits per heavy atom. The van der Waals surface area contributed by atoms with Gasteiger partial charge in [-0.1, -0.05) is 11.6 Å². The Morgan fingerprint density at radius 2 is 2.04 bits per heavy atom. The average molecular weight is 349 g/mol. The summed E-state index contributed by atoms with van der Waals surface area (Å²) in [5, 5.41) is 1.29. The SMILES string of the molecule is C/C(=C\n1c2c(c3cc(C)ccc31)CN(CCF)CC2)c1ccncc1. The normalized spacial score (nSPS) is 15.4. The van der Waals surface area contributed by atoms with E-state index in [0.717, 1.165) is 19.5 Å². The van der Waals surface area contributed by atoms with Gasteiger partial charge in [0.05, 0.1) is 5.52 Å². The second-order valence-electron chi connectivity index (χ2n) is 7.08. The summed E-state index contributed by atoms with van der Waals surface area (Å²) in [5.41, 5.74) is 7.58. The van der Waals surface area contributed by atoms with Crippen molar-refractivity contribution in [3.8, 4) is 0 Å². The van der Waals surface area contributed by atoms with Gasteiger partial charge in [0.1, 0.15) is 6.67 Å². The van der Waals surface area contributed by atoms with Crippen LogP contribution in [0.15, 0.2) is 42.7 Å². The molecule has 3 aromatic rings. The van der Waals surface area contributed by atoms with E-state index >= 15 is 0 Å². The fourth-order valence-electron chi connectivity index (χ4n) is 3.90. The zero-order valence-corrected chi connectivity index (χ0v) is 15.4. The number of aromatic nitrogens is 2. The van der Waals surface area contributed by atoms with Crippen molar-refractivity contribution in [1.29, 1.82) is 0 Å². The quantitative estimate of drug-likeness (QED) is 0.681. The fraction of sp³-hybridized carbons (Fsp3) is 0.318. The van der Waals surface area contributed by atoms with Gasteiger partial charge in [-0.25, -0.2) is 4.39 Å². The second kappa shape index (κ2) is 7.04. The molecule has 3 nitrogen and oxygen atoms in total. The molecule has 0 N–H and O–H groups in total. The van der Waals surface area contributed by atoms with Gasteiger partial charge in [0.15, 0.2) is 0 Å². The highest BCUT2D eigenvalue weighted by Crippen LogP contribution is 2.33. The molecule has 1 aliphatic heterocycles. The standard InChI is InChI=1S/C22H24FN3/c1-16-3-4-21-19(13-16)20-15-25(12-8-23)11-7-22(20)26(21)14-17(2)18-5-9-24-10-6-18/h3-6,9-10,13-14H,7-8,11-12,15H2,1-2H3/b17-14+. The maximum absolute atomic E-state index is 12.8. The summed E-state index contributed by atoms with van der Waals surface area (Å²) < 4.78 is 15.2. The average Bonchev–Trinajstić information content (AvgIpc) is 2.95. The maximum Gasteiger partial charge on any atom is 0.102 e. The third-order valence-electron chi connectivity index (χ3n) is 5.28. The summed E-state index contributed by atoms with van der Waals surface area (Å²) in [6.07, 6.45) is 6.84. The molecule has 134 valence electrons. The molecule has 26 heavy (non-hydrogen) atoms. The van der Waals surface area contributed by atoms with Crippen molar-refractivity contribution in [2.45, 2.75) is 26.8 Å². The third-order valence-corrected chi connectivity index (χ3v) is 5.28. The molecule has 0 spiro atoms. The first-order valence-electron chi connectivity index (χ1n) is 9.17. The summed E-state index contributed by atoms with van der Waals surface area (Å²) in [6.45, 7) is 6.24. The number of aryl methyl sites for hydroxylation is 1. The number of fused-ring (bicyclic) bond motifs is 3. The summed E-state index contributed by atoms with van der Waals surface area (Å²) in [6, 6.07) is 10.7. The molecular weight excluding hydrogens is 325 g/mol. The number of hydrogen-bond donors (Lipinski definition) is 0. The van der Waals surface area contributed by atoms with E-state index in [2.05, 4.69) is 52.7 Å². The van der Waals surface area contributed by atoms with Crippen LogP contribution < -0.4 is 0 Å². The monoisotopic (exact) mass is 349 g/mol. The van der Waals surface area contributed by atoms with Crippen molar-refractivity contribution in [2.24, 2.45) is 0 Å². The Balaban J connectivity index is 1.85. The van der Waals surface area contributed by atoms with Crippen molar-refractivity contribution in [1.82, 2.24) is 14.5 Å². The maximum atomic E-state index is 12.8. The van der Waals surface area contributed by atoms with Crippen molar-refractivity contribution in [2.75, 3.05) is 19.8 Å². The molecule has 0 aliphatic carbocycles. The predicted octanol–water partition coefficient (Wildman–Crippen LogP) is 4.69. The highest BCUT2D eigenvalue weighted by molar-refractivity contribution is 5.90. The predicted molar refractivity (Wildman–Crippen MR) is 106 cm³/mol. The lowest BCUT2D eigenvalue weighted by Crippen LogP contribution is -2.32. The summed E-state index contributed by atoms with van der Waals surface area (Å²) in [7, 11) is 0. The number of rotatable bonds is 4. The van der Waals surface area contributed by atoms with Gasteiger partial charge in [0, 0.05) is 55.7 Å². The molecule has 0 saturated heterocycles. The van der Waals surface area contributed by atoms with Gasteiger partial charge in [-0.05, 0) is 54.8 Å². The van der Waals surface area contributed by atoms with Gasteiger partial charge >= 0.3 is 0 Å². The Labute approximate surface area is 153 Å². The van der Waals surface area contributed by atoms with Crippen molar-refractivity contribution >= 4 is 22.7 Å². The summed E-state index contributed by atoms with van der Waals surface area (Å²) >= 11 is 0. The van der Waals surface area contributed by atoms with Gasteiger partial charge in [-0.15, -0.1) is 0 Å². The number of nitrogens with zero attached hydrogens (tertiary/aromatic N) is 3. The lowest BCUT2D eigenvalue weighted by molar-refractivity contribution is 0.230. The Morgan fingerprint density at radius 3 is 2.81 bits per heavy atom. The van der Waals surface area contributed by atoms with Gasteiger partial charge < -0.3 is 4.57 Å². The highest BCUT2D eigenvalue weighted by atomic mass is 19.1. The fourth-order valence-corrected chi connectivity index (χ4v) is 3.90. The first kappa shape index (κ1) is 17.0. The van der Waals surface area contributed by atoms with E-state index in [1.165, 1.54) is 38.9 Å². The number of halogens is 1. The minimum atomic E-state index is -0.284. The van der Waals surface area contributed by atoms with E-state index < -0.39 is 0 Å². The molecule has 4 heteroatoms. The third kappa shape index (κ3) is 3.06. The van der Waals surface area contributed by atoms with E-state index in [1.807, 2.05) is 24.5 Å². The number of pyridine rings is 1. The van der Waals surface area contributed by atoms with E-state index in [1.54, 1.807) is 0 Å². The first-order chi connectivity index (χ1) is 12.7. The molecule has 2 aromatic heterocycles. The smallest absolute Gasteiger partial charge is 0.102 e. The van der Waals surface area contributed by atoms with Gasteiger partial charge in [0.2, 0.25) is 0 Å². The topological polar surface area (TPSA) is 21.1 Å². The van der Waals surface area contributed by atoms with Gasteiger partial charge in [-0.2, -0.15) is 0 Å². The van der Waals surface area contributed by atoms with Crippen LogP contribution >= 0.6 is 0 Å². The van der Waals surface area contributed by atoms with Gasteiger partial charge in [-0.3, -0.25) is 9.88 Å². The lowest BCUT2D eigenvalue weighted by Gasteiger charge is -2.26. The molecule has 0 radical (unpaired) electrons. The molecule has 1 aliphatic rings. The Hall–Kier alpha value is -2.46. The molecule has 3 heterocycles. The molecular formula is C22H24FN3. The van der Waals surface area contributed by atoms with E-state index in [0.29, 0.717) is 6.54 Å². The molecule has 0 saturated carbocycles. The lowest BCUT2D eigenvalue weighted by atomic mass is 10.0. The minimum absolute atomic E-state index is 0.284. The van der Waals surface area contributed by atoms with Gasteiger partial charge in [0.25, 0.3) is 0 Å². The number of alkyl halides is 1. The zero-order valence-electron chi connectivity index (χ0n) is 15.4. The molecule has 0 bridgehead atoms. The minimum Gasteiger partial charge on any atom is -0.320 e. The molecule has 1 aromatic carbocycles. The van der Waals surface area contributed by atoms with E-state index in [9.17, 15) is 4.39 Å². The van der Waals surface area contributed by atoms with Crippen LogP contribution in [0.1, 0.15) is 29.3 Å². The van der Waals surface area contributed by atoms with E-state index in [-0.39, 0.29) is 6.67 Å². The molecule has 0 atom stereocenters. The van der Waals surface area contributed by atoms with Crippen LogP contribution in [0.3, 0.4) is 0 Å². The first-order valence-corrected chi connectivity index (χ1v) is 9.17. The number of allylic oxidation sites excluding steroid dienone is 1. The second-order valence-corrected chi connectivity index (χ2v) is 7.08. The van der Waals surface area contributed by atoms with Crippen LogP contribution in [0.25, 0.3) is 22.7 Å². The molecule has 4 rings (SSSR count). The van der Waals surface area contributed by atoms with Crippen LogP contribution in [0.2, 0.25) is 0 Å². The zero-order chi connectivity index (χ0) is 18.1. The molecule has 0 unspecified atom stereocenters. The molecule has 0 fully saturated rings. The largest absolute Gasteiger partial charge is 0.320 e. The van der Waals surface area contributed by atoms with Crippen LogP contribution in [-0.4, -0.2) is 34.2 Å². The number of benzene rings is 1. The van der Waals surface area contributed by atoms with Crippen molar-refractivity contribution in [3.05, 3.63) is 65.1 Å². The van der Waals surface area contributed by atoms with E-state index in [4.69, 9.17) is 0 Å². The Kier molecular flexibility index (Phi) is 4.60. The molecule has 0 amide bonds.